The molecule has 2 rings (SSSR count). The van der Waals surface area contributed by atoms with Gasteiger partial charge in [-0.15, -0.1) is 0 Å². The van der Waals surface area contributed by atoms with Gasteiger partial charge in [-0.25, -0.2) is 4.98 Å². The van der Waals surface area contributed by atoms with E-state index in [2.05, 4.69) is 23.9 Å². The lowest BCUT2D eigenvalue weighted by Crippen LogP contribution is -2.38. The highest BCUT2D eigenvalue weighted by atomic mass is 16.3. The maximum absolute atomic E-state index is 6.30. The molecule has 0 bridgehead atoms. The van der Waals surface area contributed by atoms with E-state index in [0.29, 0.717) is 0 Å². The zero-order chi connectivity index (χ0) is 14.7. The zero-order valence-corrected chi connectivity index (χ0v) is 12.7. The molecule has 5 nitrogen and oxygen atoms in total. The van der Waals surface area contributed by atoms with E-state index in [-0.39, 0.29) is 12.1 Å². The first-order chi connectivity index (χ1) is 9.52. The lowest BCUT2D eigenvalue weighted by molar-refractivity contribution is 0.169. The van der Waals surface area contributed by atoms with Gasteiger partial charge >= 0.3 is 0 Å². The van der Waals surface area contributed by atoms with Crippen molar-refractivity contribution in [2.24, 2.45) is 12.8 Å². The van der Waals surface area contributed by atoms with E-state index >= 15 is 0 Å². The first-order valence-electron chi connectivity index (χ1n) is 7.01. The van der Waals surface area contributed by atoms with Gasteiger partial charge in [-0.3, -0.25) is 4.90 Å². The number of nitrogens with two attached hydrogens (primary N) is 1. The lowest BCUT2D eigenvalue weighted by Gasteiger charge is -2.30. The summed E-state index contributed by atoms with van der Waals surface area (Å²) in [5, 5.41) is 0. The third kappa shape index (κ3) is 3.11. The lowest BCUT2D eigenvalue weighted by atomic mass is 10.0. The Hall–Kier alpha value is -1.59. The molecule has 0 radical (unpaired) electrons. The van der Waals surface area contributed by atoms with Crippen LogP contribution in [0.3, 0.4) is 0 Å². The summed E-state index contributed by atoms with van der Waals surface area (Å²) in [6.07, 6.45) is 4.67. The Morgan fingerprint density at radius 2 is 2.20 bits per heavy atom. The number of hydrogen-bond acceptors (Lipinski definition) is 4. The van der Waals surface area contributed by atoms with Crippen LogP contribution in [0, 0.1) is 6.92 Å². The molecule has 0 aromatic carbocycles. The minimum absolute atomic E-state index is 0.0332. The number of rotatable bonds is 6. The molecule has 20 heavy (non-hydrogen) atoms. The molecule has 2 unspecified atom stereocenters. The Morgan fingerprint density at radius 1 is 1.45 bits per heavy atom. The van der Waals surface area contributed by atoms with Gasteiger partial charge < -0.3 is 14.7 Å². The van der Waals surface area contributed by atoms with E-state index in [9.17, 15) is 0 Å². The molecule has 5 heteroatoms. The van der Waals surface area contributed by atoms with Gasteiger partial charge in [-0.05, 0) is 32.5 Å². The van der Waals surface area contributed by atoms with Gasteiger partial charge in [0, 0.05) is 25.5 Å². The van der Waals surface area contributed by atoms with Gasteiger partial charge in [0.15, 0.2) is 0 Å². The van der Waals surface area contributed by atoms with Crippen LogP contribution in [0.2, 0.25) is 0 Å². The van der Waals surface area contributed by atoms with Crippen molar-refractivity contribution in [3.8, 4) is 0 Å². The predicted molar refractivity (Wildman–Crippen MR) is 79.1 cm³/mol. The number of furan rings is 1. The summed E-state index contributed by atoms with van der Waals surface area (Å²) >= 11 is 0. The molecule has 0 amide bonds. The molecule has 0 aliphatic rings. The molecule has 0 saturated carbocycles. The molecule has 0 saturated heterocycles. The van der Waals surface area contributed by atoms with Gasteiger partial charge in [-0.1, -0.05) is 6.92 Å². The van der Waals surface area contributed by atoms with Crippen molar-refractivity contribution < 1.29 is 4.42 Å². The fourth-order valence-electron chi connectivity index (χ4n) is 2.46. The fourth-order valence-corrected chi connectivity index (χ4v) is 2.46. The average Bonchev–Trinajstić information content (AvgIpc) is 2.99. The van der Waals surface area contributed by atoms with Gasteiger partial charge in [0.2, 0.25) is 0 Å². The molecule has 2 aromatic heterocycles. The Bertz CT molecular complexity index is 546. The fraction of sp³-hybridized carbons (Fsp3) is 0.533. The number of aromatic nitrogens is 2. The van der Waals surface area contributed by atoms with Crippen molar-refractivity contribution in [2.45, 2.75) is 38.9 Å². The molecule has 0 spiro atoms. The maximum atomic E-state index is 6.30. The molecule has 2 heterocycles. The predicted octanol–water partition coefficient (Wildman–Crippen LogP) is 2.23. The Balaban J connectivity index is 2.20. The van der Waals surface area contributed by atoms with E-state index in [1.807, 2.05) is 43.1 Å². The quantitative estimate of drug-likeness (QED) is 0.879. The van der Waals surface area contributed by atoms with Crippen LogP contribution in [0.15, 0.2) is 28.9 Å². The second-order valence-corrected chi connectivity index (χ2v) is 5.33. The van der Waals surface area contributed by atoms with E-state index in [1.54, 1.807) is 0 Å². The van der Waals surface area contributed by atoms with Crippen molar-refractivity contribution in [3.63, 3.8) is 0 Å². The SMILES string of the molecule is CCC(N)C(c1ccc(C)o1)N(C)Cc1nccn1C. The van der Waals surface area contributed by atoms with Gasteiger partial charge in [0.05, 0.1) is 12.6 Å². The van der Waals surface area contributed by atoms with Crippen LogP contribution in [-0.4, -0.2) is 27.5 Å². The van der Waals surface area contributed by atoms with Crippen LogP contribution in [0.25, 0.3) is 0 Å². The highest BCUT2D eigenvalue weighted by Crippen LogP contribution is 2.26. The smallest absolute Gasteiger partial charge is 0.122 e. The summed E-state index contributed by atoms with van der Waals surface area (Å²) in [6.45, 7) is 4.79. The summed E-state index contributed by atoms with van der Waals surface area (Å²) in [7, 11) is 4.06. The number of likely N-dealkylation sites (N-methyl/N-ethyl adjacent to an activating group) is 1. The number of hydrogen-bond donors (Lipinski definition) is 1. The van der Waals surface area contributed by atoms with Crippen LogP contribution >= 0.6 is 0 Å². The molecule has 2 aromatic rings. The molecule has 2 atom stereocenters. The topological polar surface area (TPSA) is 60.2 Å². The number of imidazole rings is 1. The highest BCUT2D eigenvalue weighted by Gasteiger charge is 2.26. The summed E-state index contributed by atoms with van der Waals surface area (Å²) in [6, 6.07) is 4.10. The molecular weight excluding hydrogens is 252 g/mol. The maximum Gasteiger partial charge on any atom is 0.122 e. The highest BCUT2D eigenvalue weighted by molar-refractivity contribution is 5.12. The van der Waals surface area contributed by atoms with Crippen molar-refractivity contribution in [2.75, 3.05) is 7.05 Å². The summed E-state index contributed by atoms with van der Waals surface area (Å²) < 4.78 is 7.82. The summed E-state index contributed by atoms with van der Waals surface area (Å²) in [5.41, 5.74) is 6.30. The van der Waals surface area contributed by atoms with Crippen LogP contribution in [0.1, 0.15) is 36.7 Å². The third-order valence-corrected chi connectivity index (χ3v) is 3.72. The van der Waals surface area contributed by atoms with Crippen LogP contribution in [0.5, 0.6) is 0 Å². The van der Waals surface area contributed by atoms with Crippen LogP contribution in [-0.2, 0) is 13.6 Å². The molecule has 2 N–H and O–H groups in total. The van der Waals surface area contributed by atoms with Gasteiger partial charge in [0.25, 0.3) is 0 Å². The number of nitrogens with zero attached hydrogens (tertiary/aromatic N) is 3. The van der Waals surface area contributed by atoms with E-state index in [4.69, 9.17) is 10.2 Å². The summed E-state index contributed by atoms with van der Waals surface area (Å²) in [4.78, 5) is 6.58. The first kappa shape index (κ1) is 14.8. The van der Waals surface area contributed by atoms with Crippen molar-refractivity contribution in [1.82, 2.24) is 14.5 Å². The van der Waals surface area contributed by atoms with Crippen molar-refractivity contribution in [1.29, 1.82) is 0 Å². The second-order valence-electron chi connectivity index (χ2n) is 5.33. The minimum atomic E-state index is 0.0332. The first-order valence-corrected chi connectivity index (χ1v) is 7.01. The zero-order valence-electron chi connectivity index (χ0n) is 12.7. The Kier molecular flexibility index (Phi) is 4.62. The number of aryl methyl sites for hydroxylation is 2. The molecule has 0 aliphatic carbocycles. The molecular formula is C15H24N4O. The Morgan fingerprint density at radius 3 is 2.70 bits per heavy atom. The van der Waals surface area contributed by atoms with Crippen molar-refractivity contribution >= 4 is 0 Å². The van der Waals surface area contributed by atoms with E-state index < -0.39 is 0 Å². The van der Waals surface area contributed by atoms with Crippen LogP contribution in [0.4, 0.5) is 0 Å². The minimum Gasteiger partial charge on any atom is -0.465 e. The van der Waals surface area contributed by atoms with Gasteiger partial charge in [0.1, 0.15) is 17.3 Å². The Labute approximate surface area is 120 Å². The van der Waals surface area contributed by atoms with E-state index in [0.717, 1.165) is 30.3 Å². The van der Waals surface area contributed by atoms with Crippen molar-refractivity contribution in [3.05, 3.63) is 41.9 Å². The monoisotopic (exact) mass is 276 g/mol. The average molecular weight is 276 g/mol. The molecule has 0 aliphatic heterocycles. The van der Waals surface area contributed by atoms with Crippen LogP contribution < -0.4 is 5.73 Å². The molecule has 0 fully saturated rings. The largest absolute Gasteiger partial charge is 0.465 e. The third-order valence-electron chi connectivity index (χ3n) is 3.72. The van der Waals surface area contributed by atoms with Gasteiger partial charge in [-0.2, -0.15) is 0 Å². The second kappa shape index (κ2) is 6.24. The standard InChI is InChI=1S/C15H24N4O/c1-5-12(16)15(13-7-6-11(2)20-13)19(4)10-14-17-8-9-18(14)3/h6-9,12,15H,5,10,16H2,1-4H3. The van der Waals surface area contributed by atoms with E-state index in [1.165, 1.54) is 0 Å². The summed E-state index contributed by atoms with van der Waals surface area (Å²) in [5.74, 6) is 2.86. The molecule has 110 valence electrons. The normalized spacial score (nSPS) is 14.7.